The molecular formula is C15H24ClNO2. The second-order valence-corrected chi connectivity index (χ2v) is 6.06. The molecule has 0 radical (unpaired) electrons. The number of hydrogen-bond acceptors (Lipinski definition) is 3. The summed E-state index contributed by atoms with van der Waals surface area (Å²) in [6.45, 7) is 8.33. The standard InChI is InChI=1S/C15H23NO2.ClH/c1-14(2)10-16-15(3,18-11-14)9-12-5-7-13(17-4)8-6-12;/h5-8,16H,9-11H2,1-4H3;1H. The molecule has 0 spiro atoms. The van der Waals surface area contributed by atoms with Gasteiger partial charge in [-0.1, -0.05) is 26.0 Å². The maximum absolute atomic E-state index is 6.00. The Kier molecular flexibility index (Phi) is 5.25. The fourth-order valence-corrected chi connectivity index (χ4v) is 2.13. The molecule has 0 aromatic heterocycles. The van der Waals surface area contributed by atoms with Gasteiger partial charge in [-0.2, -0.15) is 0 Å². The van der Waals surface area contributed by atoms with Gasteiger partial charge in [0.1, 0.15) is 11.5 Å². The molecule has 1 atom stereocenters. The van der Waals surface area contributed by atoms with Crippen LogP contribution in [-0.4, -0.2) is 26.0 Å². The Bertz CT molecular complexity index is 393. The first kappa shape index (κ1) is 16.3. The lowest BCUT2D eigenvalue weighted by Crippen LogP contribution is -2.56. The molecule has 1 aromatic carbocycles. The topological polar surface area (TPSA) is 30.5 Å². The van der Waals surface area contributed by atoms with Crippen LogP contribution in [0.1, 0.15) is 26.3 Å². The van der Waals surface area contributed by atoms with Crippen molar-refractivity contribution in [3.63, 3.8) is 0 Å². The zero-order valence-electron chi connectivity index (χ0n) is 12.2. The first-order valence-corrected chi connectivity index (χ1v) is 6.44. The third kappa shape index (κ3) is 4.37. The Morgan fingerprint density at radius 3 is 2.32 bits per heavy atom. The second kappa shape index (κ2) is 6.12. The zero-order valence-corrected chi connectivity index (χ0v) is 13.0. The summed E-state index contributed by atoms with van der Waals surface area (Å²) in [5.74, 6) is 0.891. The lowest BCUT2D eigenvalue weighted by Gasteiger charge is -2.42. The second-order valence-electron chi connectivity index (χ2n) is 6.06. The maximum Gasteiger partial charge on any atom is 0.120 e. The van der Waals surface area contributed by atoms with Crippen molar-refractivity contribution >= 4 is 12.4 Å². The normalized spacial score (nSPS) is 25.5. The lowest BCUT2D eigenvalue weighted by atomic mass is 9.90. The van der Waals surface area contributed by atoms with Crippen LogP contribution in [0.5, 0.6) is 5.75 Å². The van der Waals surface area contributed by atoms with E-state index in [0.29, 0.717) is 0 Å². The van der Waals surface area contributed by atoms with Gasteiger partial charge in [0.2, 0.25) is 0 Å². The molecule has 1 aromatic rings. The Balaban J connectivity index is 0.00000180. The van der Waals surface area contributed by atoms with Crippen LogP contribution in [0, 0.1) is 5.41 Å². The number of nitrogens with one attached hydrogen (secondary N) is 1. The molecule has 0 bridgehead atoms. The molecule has 1 saturated heterocycles. The Morgan fingerprint density at radius 2 is 1.84 bits per heavy atom. The highest BCUT2D eigenvalue weighted by atomic mass is 35.5. The number of benzene rings is 1. The number of ether oxygens (including phenoxy) is 2. The first-order chi connectivity index (χ1) is 8.42. The summed E-state index contributed by atoms with van der Waals surface area (Å²) in [7, 11) is 1.68. The van der Waals surface area contributed by atoms with Crippen molar-refractivity contribution in [2.24, 2.45) is 5.41 Å². The van der Waals surface area contributed by atoms with Gasteiger partial charge in [-0.15, -0.1) is 12.4 Å². The summed E-state index contributed by atoms with van der Waals surface area (Å²) < 4.78 is 11.2. The van der Waals surface area contributed by atoms with Crippen molar-refractivity contribution in [2.45, 2.75) is 32.9 Å². The predicted octanol–water partition coefficient (Wildman–Crippen LogP) is 3.02. The average molecular weight is 286 g/mol. The molecule has 0 saturated carbocycles. The SMILES string of the molecule is COc1ccc(CC2(C)NCC(C)(C)CO2)cc1.Cl. The minimum absolute atomic E-state index is 0. The maximum atomic E-state index is 6.00. The minimum Gasteiger partial charge on any atom is -0.497 e. The van der Waals surface area contributed by atoms with Crippen molar-refractivity contribution in [3.05, 3.63) is 29.8 Å². The molecule has 0 amide bonds. The van der Waals surface area contributed by atoms with E-state index in [-0.39, 0.29) is 23.5 Å². The monoisotopic (exact) mass is 285 g/mol. The summed E-state index contributed by atoms with van der Waals surface area (Å²) in [6.07, 6.45) is 0.868. The highest BCUT2D eigenvalue weighted by molar-refractivity contribution is 5.85. The molecule has 1 N–H and O–H groups in total. The van der Waals surface area contributed by atoms with E-state index in [2.05, 4.69) is 38.2 Å². The smallest absolute Gasteiger partial charge is 0.120 e. The van der Waals surface area contributed by atoms with Gasteiger partial charge in [-0.05, 0) is 24.6 Å². The molecule has 108 valence electrons. The number of hydrogen-bond donors (Lipinski definition) is 1. The largest absolute Gasteiger partial charge is 0.497 e. The Labute approximate surface area is 122 Å². The van der Waals surface area contributed by atoms with Crippen LogP contribution >= 0.6 is 12.4 Å². The van der Waals surface area contributed by atoms with Crippen LogP contribution in [0.4, 0.5) is 0 Å². The molecule has 1 aliphatic rings. The van der Waals surface area contributed by atoms with Gasteiger partial charge in [-0.25, -0.2) is 0 Å². The van der Waals surface area contributed by atoms with E-state index >= 15 is 0 Å². The van der Waals surface area contributed by atoms with E-state index in [4.69, 9.17) is 9.47 Å². The summed E-state index contributed by atoms with van der Waals surface area (Å²) >= 11 is 0. The van der Waals surface area contributed by atoms with Gasteiger partial charge in [0.25, 0.3) is 0 Å². The highest BCUT2D eigenvalue weighted by Gasteiger charge is 2.35. The molecule has 3 nitrogen and oxygen atoms in total. The predicted molar refractivity (Wildman–Crippen MR) is 80.1 cm³/mol. The Morgan fingerprint density at radius 1 is 1.21 bits per heavy atom. The van der Waals surface area contributed by atoms with Gasteiger partial charge in [0.15, 0.2) is 0 Å². The van der Waals surface area contributed by atoms with Crippen molar-refractivity contribution in [3.8, 4) is 5.75 Å². The van der Waals surface area contributed by atoms with E-state index in [9.17, 15) is 0 Å². The van der Waals surface area contributed by atoms with Crippen LogP contribution in [-0.2, 0) is 11.2 Å². The van der Waals surface area contributed by atoms with Gasteiger partial charge in [-0.3, -0.25) is 5.32 Å². The van der Waals surface area contributed by atoms with E-state index in [1.165, 1.54) is 5.56 Å². The van der Waals surface area contributed by atoms with Gasteiger partial charge < -0.3 is 9.47 Å². The van der Waals surface area contributed by atoms with Crippen LogP contribution in [0.3, 0.4) is 0 Å². The van der Waals surface area contributed by atoms with Gasteiger partial charge in [0.05, 0.1) is 13.7 Å². The minimum atomic E-state index is -0.260. The van der Waals surface area contributed by atoms with Crippen molar-refractivity contribution in [1.82, 2.24) is 5.32 Å². The van der Waals surface area contributed by atoms with Gasteiger partial charge >= 0.3 is 0 Å². The van der Waals surface area contributed by atoms with Crippen LogP contribution in [0.15, 0.2) is 24.3 Å². The number of rotatable bonds is 3. The average Bonchev–Trinajstić information content (AvgIpc) is 2.35. The molecule has 1 fully saturated rings. The van der Waals surface area contributed by atoms with E-state index in [0.717, 1.165) is 25.3 Å². The van der Waals surface area contributed by atoms with Crippen molar-refractivity contribution < 1.29 is 9.47 Å². The summed E-state index contributed by atoms with van der Waals surface area (Å²) in [4.78, 5) is 0. The number of halogens is 1. The van der Waals surface area contributed by atoms with Crippen molar-refractivity contribution in [2.75, 3.05) is 20.3 Å². The fourth-order valence-electron chi connectivity index (χ4n) is 2.13. The fraction of sp³-hybridized carbons (Fsp3) is 0.600. The summed E-state index contributed by atoms with van der Waals surface area (Å²) in [6, 6.07) is 8.17. The molecule has 1 aliphatic heterocycles. The lowest BCUT2D eigenvalue weighted by molar-refractivity contribution is -0.125. The third-order valence-electron chi connectivity index (χ3n) is 3.42. The summed E-state index contributed by atoms with van der Waals surface area (Å²) in [5.41, 5.74) is 1.22. The van der Waals surface area contributed by atoms with Crippen LogP contribution in [0.25, 0.3) is 0 Å². The number of methoxy groups -OCH3 is 1. The molecular weight excluding hydrogens is 262 g/mol. The van der Waals surface area contributed by atoms with E-state index in [1.54, 1.807) is 7.11 Å². The van der Waals surface area contributed by atoms with Gasteiger partial charge in [0, 0.05) is 18.4 Å². The Hall–Kier alpha value is -0.770. The molecule has 1 unspecified atom stereocenters. The molecule has 1 heterocycles. The van der Waals surface area contributed by atoms with Crippen LogP contribution in [0.2, 0.25) is 0 Å². The van der Waals surface area contributed by atoms with Crippen molar-refractivity contribution in [1.29, 1.82) is 0 Å². The zero-order chi connectivity index (χ0) is 13.2. The molecule has 2 rings (SSSR count). The molecule has 0 aliphatic carbocycles. The first-order valence-electron chi connectivity index (χ1n) is 6.44. The quantitative estimate of drug-likeness (QED) is 0.926. The summed E-state index contributed by atoms with van der Waals surface area (Å²) in [5, 5.41) is 3.51. The highest BCUT2D eigenvalue weighted by Crippen LogP contribution is 2.27. The van der Waals surface area contributed by atoms with Crippen LogP contribution < -0.4 is 10.1 Å². The molecule has 19 heavy (non-hydrogen) atoms. The third-order valence-corrected chi connectivity index (χ3v) is 3.42. The molecule has 4 heteroatoms. The van der Waals surface area contributed by atoms with E-state index in [1.807, 2.05) is 12.1 Å². The van der Waals surface area contributed by atoms with E-state index < -0.39 is 0 Å².